The third kappa shape index (κ3) is 3.24. The van der Waals surface area contributed by atoms with Crippen molar-refractivity contribution in [2.24, 2.45) is 5.92 Å². The van der Waals surface area contributed by atoms with Gasteiger partial charge in [-0.3, -0.25) is 0 Å². The summed E-state index contributed by atoms with van der Waals surface area (Å²) >= 11 is 0. The molecule has 1 atom stereocenters. The minimum atomic E-state index is 0.0237. The van der Waals surface area contributed by atoms with Gasteiger partial charge in [0.25, 0.3) is 0 Å². The van der Waals surface area contributed by atoms with Gasteiger partial charge in [0.15, 0.2) is 0 Å². The summed E-state index contributed by atoms with van der Waals surface area (Å²) in [5.74, 6) is 1.11. The number of phenols is 2. The molecule has 0 saturated carbocycles. The SMILES string of the molecule is CC1CC(O)=CC=C1C(c1ccc(O)cc1)c1ccc(O)cc1. The molecule has 118 valence electrons. The molecule has 0 bridgehead atoms. The third-order valence-corrected chi connectivity index (χ3v) is 4.34. The van der Waals surface area contributed by atoms with E-state index in [9.17, 15) is 15.3 Å². The Kier molecular flexibility index (Phi) is 4.11. The number of aliphatic hydroxyl groups excluding tert-OH is 1. The van der Waals surface area contributed by atoms with Crippen molar-refractivity contribution in [3.63, 3.8) is 0 Å². The number of benzene rings is 2. The van der Waals surface area contributed by atoms with Crippen molar-refractivity contribution in [1.29, 1.82) is 0 Å². The lowest BCUT2D eigenvalue weighted by Gasteiger charge is -2.28. The van der Waals surface area contributed by atoms with E-state index >= 15 is 0 Å². The van der Waals surface area contributed by atoms with Gasteiger partial charge in [0.1, 0.15) is 11.5 Å². The van der Waals surface area contributed by atoms with E-state index in [1.165, 1.54) is 5.57 Å². The van der Waals surface area contributed by atoms with Crippen molar-refractivity contribution >= 4 is 0 Å². The summed E-state index contributed by atoms with van der Waals surface area (Å²) in [7, 11) is 0. The standard InChI is InChI=1S/C20H20O3/c1-13-12-18(23)10-11-19(13)20(14-2-6-16(21)7-3-14)15-4-8-17(22)9-5-15/h2-11,13,20-23H,12H2,1H3. The molecular weight excluding hydrogens is 288 g/mol. The first-order valence-electron chi connectivity index (χ1n) is 7.72. The second-order valence-electron chi connectivity index (χ2n) is 6.05. The Bertz CT molecular complexity index is 694. The summed E-state index contributed by atoms with van der Waals surface area (Å²) in [6, 6.07) is 14.4. The van der Waals surface area contributed by atoms with Crippen molar-refractivity contribution in [1.82, 2.24) is 0 Å². The van der Waals surface area contributed by atoms with Gasteiger partial charge in [0.2, 0.25) is 0 Å². The molecule has 0 radical (unpaired) electrons. The number of phenolic OH excluding ortho intramolecular Hbond substituents is 2. The Morgan fingerprint density at radius 3 is 1.70 bits per heavy atom. The summed E-state index contributed by atoms with van der Waals surface area (Å²) in [4.78, 5) is 0. The molecular formula is C20H20O3. The number of aromatic hydroxyl groups is 2. The fourth-order valence-corrected chi connectivity index (χ4v) is 3.15. The molecule has 0 saturated heterocycles. The van der Waals surface area contributed by atoms with Crippen molar-refractivity contribution in [2.75, 3.05) is 0 Å². The Hall–Kier alpha value is -2.68. The maximum atomic E-state index is 9.74. The summed E-state index contributed by atoms with van der Waals surface area (Å²) in [6.45, 7) is 2.10. The zero-order chi connectivity index (χ0) is 16.4. The van der Waals surface area contributed by atoms with Crippen LogP contribution in [0, 0.1) is 5.92 Å². The molecule has 3 rings (SSSR count). The number of rotatable bonds is 3. The van der Waals surface area contributed by atoms with Crippen LogP contribution in [0.1, 0.15) is 30.4 Å². The van der Waals surface area contributed by atoms with E-state index < -0.39 is 0 Å². The van der Waals surface area contributed by atoms with E-state index in [0.29, 0.717) is 12.2 Å². The second-order valence-corrected chi connectivity index (χ2v) is 6.05. The first-order valence-corrected chi connectivity index (χ1v) is 7.72. The molecule has 2 aromatic rings. The molecule has 23 heavy (non-hydrogen) atoms. The molecule has 0 amide bonds. The average Bonchev–Trinajstić information content (AvgIpc) is 2.53. The first-order chi connectivity index (χ1) is 11.0. The van der Waals surface area contributed by atoms with E-state index in [2.05, 4.69) is 6.92 Å². The summed E-state index contributed by atoms with van der Waals surface area (Å²) in [5, 5.41) is 28.8. The maximum absolute atomic E-state index is 9.74. The highest BCUT2D eigenvalue weighted by Gasteiger charge is 2.25. The molecule has 0 heterocycles. The zero-order valence-electron chi connectivity index (χ0n) is 13.0. The molecule has 0 aromatic heterocycles. The zero-order valence-corrected chi connectivity index (χ0v) is 13.0. The molecule has 1 aliphatic carbocycles. The normalized spacial score (nSPS) is 17.7. The van der Waals surface area contributed by atoms with Gasteiger partial charge < -0.3 is 15.3 Å². The van der Waals surface area contributed by atoms with E-state index in [4.69, 9.17) is 0 Å². The molecule has 0 spiro atoms. The molecule has 0 fully saturated rings. The highest BCUT2D eigenvalue weighted by Crippen LogP contribution is 2.40. The van der Waals surface area contributed by atoms with Crippen molar-refractivity contribution < 1.29 is 15.3 Å². The van der Waals surface area contributed by atoms with Gasteiger partial charge in [-0.25, -0.2) is 0 Å². The predicted octanol–water partition coefficient (Wildman–Crippen LogP) is 4.64. The lowest BCUT2D eigenvalue weighted by molar-refractivity contribution is 0.362. The van der Waals surface area contributed by atoms with Gasteiger partial charge in [-0.05, 0) is 47.4 Å². The number of hydrogen-bond acceptors (Lipinski definition) is 3. The molecule has 1 unspecified atom stereocenters. The monoisotopic (exact) mass is 308 g/mol. The van der Waals surface area contributed by atoms with Crippen LogP contribution in [0.2, 0.25) is 0 Å². The lowest BCUT2D eigenvalue weighted by Crippen LogP contribution is -2.14. The van der Waals surface area contributed by atoms with Crippen LogP contribution in [0.3, 0.4) is 0 Å². The highest BCUT2D eigenvalue weighted by molar-refractivity contribution is 5.46. The van der Waals surface area contributed by atoms with Gasteiger partial charge in [0.05, 0.1) is 5.76 Å². The lowest BCUT2D eigenvalue weighted by atomic mass is 9.76. The fraction of sp³-hybridized carbons (Fsp3) is 0.200. The van der Waals surface area contributed by atoms with Crippen LogP contribution < -0.4 is 0 Å². The summed E-state index contributed by atoms with van der Waals surface area (Å²) in [5.41, 5.74) is 3.35. The van der Waals surface area contributed by atoms with Gasteiger partial charge in [-0.1, -0.05) is 42.8 Å². The van der Waals surface area contributed by atoms with Crippen LogP contribution >= 0.6 is 0 Å². The van der Waals surface area contributed by atoms with Gasteiger partial charge in [-0.2, -0.15) is 0 Å². The molecule has 1 aliphatic rings. The minimum absolute atomic E-state index is 0.0237. The third-order valence-electron chi connectivity index (χ3n) is 4.34. The quantitative estimate of drug-likeness (QED) is 0.774. The van der Waals surface area contributed by atoms with Crippen LogP contribution in [0.4, 0.5) is 0 Å². The number of hydrogen-bond donors (Lipinski definition) is 3. The van der Waals surface area contributed by atoms with Crippen LogP contribution in [0.15, 0.2) is 72.0 Å². The van der Waals surface area contributed by atoms with Crippen LogP contribution in [-0.2, 0) is 0 Å². The fourth-order valence-electron chi connectivity index (χ4n) is 3.15. The van der Waals surface area contributed by atoms with E-state index in [1.807, 2.05) is 30.3 Å². The minimum Gasteiger partial charge on any atom is -0.512 e. The average molecular weight is 308 g/mol. The molecule has 3 heteroatoms. The van der Waals surface area contributed by atoms with E-state index in [0.717, 1.165) is 11.1 Å². The van der Waals surface area contributed by atoms with Crippen molar-refractivity contribution in [2.45, 2.75) is 19.3 Å². The number of aliphatic hydroxyl groups is 1. The Morgan fingerprint density at radius 2 is 1.26 bits per heavy atom. The Labute approximate surface area is 135 Å². The van der Waals surface area contributed by atoms with Gasteiger partial charge >= 0.3 is 0 Å². The highest BCUT2D eigenvalue weighted by atomic mass is 16.3. The second kappa shape index (κ2) is 6.21. The molecule has 0 aliphatic heterocycles. The Balaban J connectivity index is 2.10. The smallest absolute Gasteiger partial charge is 0.115 e. The van der Waals surface area contributed by atoms with Crippen molar-refractivity contribution in [3.8, 4) is 11.5 Å². The largest absolute Gasteiger partial charge is 0.512 e. The molecule has 3 nitrogen and oxygen atoms in total. The first kappa shape index (κ1) is 15.2. The van der Waals surface area contributed by atoms with E-state index in [1.54, 1.807) is 30.3 Å². The van der Waals surface area contributed by atoms with Gasteiger partial charge in [-0.15, -0.1) is 0 Å². The van der Waals surface area contributed by atoms with E-state index in [-0.39, 0.29) is 23.3 Å². The van der Waals surface area contributed by atoms with Gasteiger partial charge in [0, 0.05) is 12.3 Å². The molecule has 3 N–H and O–H groups in total. The van der Waals surface area contributed by atoms with Crippen LogP contribution in [0.25, 0.3) is 0 Å². The van der Waals surface area contributed by atoms with Crippen LogP contribution in [-0.4, -0.2) is 15.3 Å². The molecule has 2 aromatic carbocycles. The maximum Gasteiger partial charge on any atom is 0.115 e. The summed E-state index contributed by atoms with van der Waals surface area (Å²) < 4.78 is 0. The topological polar surface area (TPSA) is 60.7 Å². The van der Waals surface area contributed by atoms with Crippen LogP contribution in [0.5, 0.6) is 11.5 Å². The Morgan fingerprint density at radius 1 is 0.783 bits per heavy atom. The summed E-state index contributed by atoms with van der Waals surface area (Å²) in [6.07, 6.45) is 4.36. The van der Waals surface area contributed by atoms with Crippen molar-refractivity contribution in [3.05, 3.63) is 83.1 Å². The number of allylic oxidation sites excluding steroid dienone is 4. The predicted molar refractivity (Wildman–Crippen MR) is 90.6 cm³/mol.